The van der Waals surface area contributed by atoms with Gasteiger partial charge in [-0.3, -0.25) is 9.69 Å². The fourth-order valence-electron chi connectivity index (χ4n) is 3.07. The second-order valence-corrected chi connectivity index (χ2v) is 5.60. The smallest absolute Gasteiger partial charge is 0.234 e. The van der Waals surface area contributed by atoms with Gasteiger partial charge in [0.25, 0.3) is 0 Å². The Morgan fingerprint density at radius 3 is 2.44 bits per heavy atom. The van der Waals surface area contributed by atoms with Crippen LogP contribution >= 0.6 is 0 Å². The molecule has 104 valence electrons. The minimum Gasteiger partial charge on any atom is -0.355 e. The Morgan fingerprint density at radius 2 is 1.83 bits per heavy atom. The molecule has 1 N–H and O–H groups in total. The Balaban J connectivity index is 1.65. The zero-order valence-corrected chi connectivity index (χ0v) is 11.7. The van der Waals surface area contributed by atoms with Gasteiger partial charge >= 0.3 is 0 Å². The number of likely N-dealkylation sites (tertiary alicyclic amines) is 2. The Kier molecular flexibility index (Phi) is 5.45. The highest BCUT2D eigenvalue weighted by Crippen LogP contribution is 2.20. The minimum atomic E-state index is 0.191. The molecule has 1 amide bonds. The number of nitrogens with one attached hydrogen (secondary N) is 1. The van der Waals surface area contributed by atoms with E-state index >= 15 is 0 Å². The van der Waals surface area contributed by atoms with Crippen LogP contribution in [0.2, 0.25) is 0 Å². The van der Waals surface area contributed by atoms with Crippen molar-refractivity contribution in [2.24, 2.45) is 0 Å². The summed E-state index contributed by atoms with van der Waals surface area (Å²) in [4.78, 5) is 16.6. The van der Waals surface area contributed by atoms with Crippen molar-refractivity contribution in [1.82, 2.24) is 15.1 Å². The van der Waals surface area contributed by atoms with Crippen molar-refractivity contribution in [2.45, 2.75) is 45.1 Å². The van der Waals surface area contributed by atoms with Gasteiger partial charge in [-0.1, -0.05) is 6.92 Å². The van der Waals surface area contributed by atoms with E-state index in [1.807, 2.05) is 0 Å². The third kappa shape index (κ3) is 3.95. The molecule has 4 nitrogen and oxygen atoms in total. The van der Waals surface area contributed by atoms with Crippen LogP contribution in [0.4, 0.5) is 0 Å². The molecule has 4 heteroatoms. The number of rotatable bonds is 5. The number of hydrogen-bond acceptors (Lipinski definition) is 3. The number of amides is 1. The topological polar surface area (TPSA) is 35.6 Å². The van der Waals surface area contributed by atoms with Crippen LogP contribution in [0.5, 0.6) is 0 Å². The zero-order valence-electron chi connectivity index (χ0n) is 11.7. The van der Waals surface area contributed by atoms with Crippen molar-refractivity contribution in [3.63, 3.8) is 0 Å². The minimum absolute atomic E-state index is 0.191. The van der Waals surface area contributed by atoms with Crippen LogP contribution in [0.15, 0.2) is 0 Å². The largest absolute Gasteiger partial charge is 0.355 e. The van der Waals surface area contributed by atoms with E-state index in [0.717, 1.165) is 32.1 Å². The number of carbonyl (C=O) groups is 1. The molecule has 18 heavy (non-hydrogen) atoms. The molecule has 0 unspecified atom stereocenters. The summed E-state index contributed by atoms with van der Waals surface area (Å²) >= 11 is 0. The predicted molar refractivity (Wildman–Crippen MR) is 73.6 cm³/mol. The summed E-state index contributed by atoms with van der Waals surface area (Å²) in [5.74, 6) is 0.191. The lowest BCUT2D eigenvalue weighted by atomic mass is 10.0. The molecule has 2 fully saturated rings. The Morgan fingerprint density at radius 1 is 1.17 bits per heavy atom. The zero-order chi connectivity index (χ0) is 12.8. The van der Waals surface area contributed by atoms with Gasteiger partial charge in [0.15, 0.2) is 0 Å². The molecule has 0 bridgehead atoms. The Hall–Kier alpha value is -0.610. The Bertz CT molecular complexity index is 256. The maximum absolute atomic E-state index is 11.6. The van der Waals surface area contributed by atoms with Crippen molar-refractivity contribution >= 4 is 5.91 Å². The summed E-state index contributed by atoms with van der Waals surface area (Å²) < 4.78 is 0. The van der Waals surface area contributed by atoms with Crippen molar-refractivity contribution in [2.75, 3.05) is 39.3 Å². The fourth-order valence-corrected chi connectivity index (χ4v) is 3.07. The molecular formula is C14H27N3O. The van der Waals surface area contributed by atoms with Crippen LogP contribution in [-0.2, 0) is 4.79 Å². The van der Waals surface area contributed by atoms with Crippen molar-refractivity contribution < 1.29 is 4.79 Å². The van der Waals surface area contributed by atoms with E-state index in [4.69, 9.17) is 0 Å². The van der Waals surface area contributed by atoms with E-state index in [-0.39, 0.29) is 5.91 Å². The molecular weight excluding hydrogens is 226 g/mol. The van der Waals surface area contributed by atoms with Gasteiger partial charge in [0.05, 0.1) is 6.54 Å². The first-order valence-corrected chi connectivity index (χ1v) is 7.52. The van der Waals surface area contributed by atoms with E-state index in [1.165, 1.54) is 38.8 Å². The highest BCUT2D eigenvalue weighted by Gasteiger charge is 2.26. The summed E-state index contributed by atoms with van der Waals surface area (Å²) in [6.45, 7) is 8.24. The number of piperidine rings is 1. The summed E-state index contributed by atoms with van der Waals surface area (Å²) in [6, 6.07) is 0.780. The molecule has 0 aliphatic carbocycles. The van der Waals surface area contributed by atoms with Crippen LogP contribution < -0.4 is 5.32 Å². The lowest BCUT2D eigenvalue weighted by Crippen LogP contribution is -2.46. The van der Waals surface area contributed by atoms with Gasteiger partial charge in [0.2, 0.25) is 5.91 Å². The normalized spacial score (nSPS) is 23.4. The quantitative estimate of drug-likeness (QED) is 0.796. The first-order chi connectivity index (χ1) is 8.79. The number of carbonyl (C=O) groups excluding carboxylic acids is 1. The molecule has 0 radical (unpaired) electrons. The molecule has 2 saturated heterocycles. The van der Waals surface area contributed by atoms with Crippen LogP contribution in [0, 0.1) is 0 Å². The van der Waals surface area contributed by atoms with Crippen LogP contribution in [-0.4, -0.2) is 61.0 Å². The molecule has 0 aromatic heterocycles. The third-order valence-corrected chi connectivity index (χ3v) is 4.15. The van der Waals surface area contributed by atoms with Crippen LogP contribution in [0.1, 0.15) is 39.0 Å². The SMILES string of the molecule is CCCNC(=O)CN1CCC(N2CCCC2)CC1. The fraction of sp³-hybridized carbons (Fsp3) is 0.929. The first-order valence-electron chi connectivity index (χ1n) is 7.52. The molecule has 0 saturated carbocycles. The summed E-state index contributed by atoms with van der Waals surface area (Å²) in [7, 11) is 0. The molecule has 2 aliphatic rings. The van der Waals surface area contributed by atoms with Gasteiger partial charge in [0.1, 0.15) is 0 Å². The average molecular weight is 253 g/mol. The van der Waals surface area contributed by atoms with E-state index in [2.05, 4.69) is 22.0 Å². The lowest BCUT2D eigenvalue weighted by molar-refractivity contribution is -0.122. The lowest BCUT2D eigenvalue weighted by Gasteiger charge is -2.36. The summed E-state index contributed by atoms with van der Waals surface area (Å²) in [6.07, 6.45) is 6.24. The monoisotopic (exact) mass is 253 g/mol. The van der Waals surface area contributed by atoms with Gasteiger partial charge in [-0.2, -0.15) is 0 Å². The molecule has 0 atom stereocenters. The van der Waals surface area contributed by atoms with Crippen molar-refractivity contribution in [3.05, 3.63) is 0 Å². The predicted octanol–water partition coefficient (Wildman–Crippen LogP) is 1.07. The number of hydrogen-bond donors (Lipinski definition) is 1. The maximum atomic E-state index is 11.6. The Labute approximate surface area is 111 Å². The molecule has 0 spiro atoms. The number of nitrogens with zero attached hydrogens (tertiary/aromatic N) is 2. The van der Waals surface area contributed by atoms with E-state index in [1.54, 1.807) is 0 Å². The van der Waals surface area contributed by atoms with Gasteiger partial charge in [-0.15, -0.1) is 0 Å². The molecule has 2 heterocycles. The molecule has 0 aromatic carbocycles. The van der Waals surface area contributed by atoms with Crippen LogP contribution in [0.25, 0.3) is 0 Å². The van der Waals surface area contributed by atoms with Gasteiger partial charge in [0, 0.05) is 25.7 Å². The van der Waals surface area contributed by atoms with Gasteiger partial charge < -0.3 is 10.2 Å². The second-order valence-electron chi connectivity index (χ2n) is 5.60. The van der Waals surface area contributed by atoms with Crippen molar-refractivity contribution in [1.29, 1.82) is 0 Å². The van der Waals surface area contributed by atoms with E-state index in [9.17, 15) is 4.79 Å². The van der Waals surface area contributed by atoms with Crippen molar-refractivity contribution in [3.8, 4) is 0 Å². The second kappa shape index (κ2) is 7.10. The van der Waals surface area contributed by atoms with Gasteiger partial charge in [-0.25, -0.2) is 0 Å². The van der Waals surface area contributed by atoms with Crippen LogP contribution in [0.3, 0.4) is 0 Å². The van der Waals surface area contributed by atoms with E-state index < -0.39 is 0 Å². The highest BCUT2D eigenvalue weighted by molar-refractivity contribution is 5.77. The summed E-state index contributed by atoms with van der Waals surface area (Å²) in [5, 5.41) is 2.95. The molecule has 0 aromatic rings. The standard InChI is InChI=1S/C14H27N3O/c1-2-7-15-14(18)12-16-10-5-13(6-11-16)17-8-3-4-9-17/h13H,2-12H2,1H3,(H,15,18). The van der Waals surface area contributed by atoms with Gasteiger partial charge in [-0.05, 0) is 45.2 Å². The highest BCUT2D eigenvalue weighted by atomic mass is 16.2. The average Bonchev–Trinajstić information content (AvgIpc) is 2.91. The third-order valence-electron chi connectivity index (χ3n) is 4.15. The maximum Gasteiger partial charge on any atom is 0.234 e. The molecule has 2 aliphatic heterocycles. The molecule has 2 rings (SSSR count). The summed E-state index contributed by atoms with van der Waals surface area (Å²) in [5.41, 5.74) is 0. The first kappa shape index (κ1) is 13.8. The van der Waals surface area contributed by atoms with E-state index in [0.29, 0.717) is 6.54 Å².